The molecule has 2 atom stereocenters. The lowest BCUT2D eigenvalue weighted by Gasteiger charge is -2.23. The Labute approximate surface area is 150 Å². The van der Waals surface area contributed by atoms with E-state index in [1.54, 1.807) is 4.90 Å². The SMILES string of the molecule is O=C(C1CC1c1ccccc1Cl)N(Cc1ccc(F)cc1F)C1CC1. The lowest BCUT2D eigenvalue weighted by Crippen LogP contribution is -2.34. The summed E-state index contributed by atoms with van der Waals surface area (Å²) < 4.78 is 27.1. The van der Waals surface area contributed by atoms with Crippen molar-refractivity contribution in [1.82, 2.24) is 4.90 Å². The van der Waals surface area contributed by atoms with E-state index in [2.05, 4.69) is 0 Å². The Morgan fingerprint density at radius 2 is 1.92 bits per heavy atom. The van der Waals surface area contributed by atoms with Gasteiger partial charge in [-0.2, -0.15) is 0 Å². The molecule has 2 aromatic carbocycles. The zero-order valence-electron chi connectivity index (χ0n) is 13.6. The van der Waals surface area contributed by atoms with Crippen molar-refractivity contribution < 1.29 is 13.6 Å². The Balaban J connectivity index is 1.50. The first-order valence-corrected chi connectivity index (χ1v) is 8.91. The predicted octanol–water partition coefficient (Wildman–Crippen LogP) is 4.91. The molecule has 2 aromatic rings. The van der Waals surface area contributed by atoms with Gasteiger partial charge in [0.05, 0.1) is 0 Å². The Kier molecular flexibility index (Phi) is 4.24. The molecule has 25 heavy (non-hydrogen) atoms. The van der Waals surface area contributed by atoms with Gasteiger partial charge in [-0.25, -0.2) is 8.78 Å². The van der Waals surface area contributed by atoms with E-state index in [-0.39, 0.29) is 30.3 Å². The monoisotopic (exact) mass is 361 g/mol. The van der Waals surface area contributed by atoms with Gasteiger partial charge < -0.3 is 4.90 Å². The van der Waals surface area contributed by atoms with Gasteiger partial charge in [-0.3, -0.25) is 4.79 Å². The average molecular weight is 362 g/mol. The second kappa shape index (κ2) is 6.41. The molecule has 0 aliphatic heterocycles. The summed E-state index contributed by atoms with van der Waals surface area (Å²) in [7, 11) is 0. The molecule has 0 bridgehead atoms. The number of halogens is 3. The standard InChI is InChI=1S/C20H18ClF2NO/c21-18-4-2-1-3-15(18)16-10-17(16)20(25)24(14-7-8-14)11-12-5-6-13(22)9-19(12)23/h1-6,9,14,16-17H,7-8,10-11H2. The Morgan fingerprint density at radius 3 is 2.60 bits per heavy atom. The fraction of sp³-hybridized carbons (Fsp3) is 0.350. The van der Waals surface area contributed by atoms with Crippen LogP contribution in [0.5, 0.6) is 0 Å². The van der Waals surface area contributed by atoms with E-state index in [4.69, 9.17) is 11.6 Å². The van der Waals surface area contributed by atoms with Gasteiger partial charge in [-0.15, -0.1) is 0 Å². The predicted molar refractivity (Wildman–Crippen MR) is 92.2 cm³/mol. The highest BCUT2D eigenvalue weighted by Gasteiger charge is 2.48. The average Bonchev–Trinajstić information content (AvgIpc) is 3.47. The van der Waals surface area contributed by atoms with Crippen LogP contribution >= 0.6 is 11.6 Å². The molecule has 5 heteroatoms. The minimum absolute atomic E-state index is 0.0520. The molecule has 2 aliphatic rings. The molecule has 2 aliphatic carbocycles. The maximum atomic E-state index is 14.0. The van der Waals surface area contributed by atoms with Gasteiger partial charge in [0.2, 0.25) is 5.91 Å². The molecule has 2 unspecified atom stereocenters. The number of nitrogens with zero attached hydrogens (tertiary/aromatic N) is 1. The van der Waals surface area contributed by atoms with E-state index in [9.17, 15) is 13.6 Å². The highest BCUT2D eigenvalue weighted by atomic mass is 35.5. The first-order chi connectivity index (χ1) is 12.0. The summed E-state index contributed by atoms with van der Waals surface area (Å²) in [6, 6.07) is 11.3. The normalized spacial score (nSPS) is 21.9. The van der Waals surface area contributed by atoms with E-state index < -0.39 is 11.6 Å². The summed E-state index contributed by atoms with van der Waals surface area (Å²) >= 11 is 6.24. The molecule has 130 valence electrons. The van der Waals surface area contributed by atoms with Crippen LogP contribution in [0.4, 0.5) is 8.78 Å². The number of hydrogen-bond acceptors (Lipinski definition) is 1. The van der Waals surface area contributed by atoms with Gasteiger partial charge in [-0.1, -0.05) is 35.9 Å². The van der Waals surface area contributed by atoms with Gasteiger partial charge in [-0.05, 0) is 42.9 Å². The molecule has 2 fully saturated rings. The van der Waals surface area contributed by atoms with Crippen molar-refractivity contribution >= 4 is 17.5 Å². The molecule has 0 N–H and O–H groups in total. The van der Waals surface area contributed by atoms with Gasteiger partial charge in [0.25, 0.3) is 0 Å². The molecule has 4 rings (SSSR count). The molecule has 0 heterocycles. The highest BCUT2D eigenvalue weighted by molar-refractivity contribution is 6.31. The van der Waals surface area contributed by atoms with Crippen molar-refractivity contribution in [3.05, 3.63) is 70.2 Å². The second-order valence-electron chi connectivity index (χ2n) is 6.90. The van der Waals surface area contributed by atoms with E-state index in [0.717, 1.165) is 30.9 Å². The largest absolute Gasteiger partial charge is 0.335 e. The van der Waals surface area contributed by atoms with Crippen LogP contribution in [0.15, 0.2) is 42.5 Å². The number of carbonyl (C=O) groups excluding carboxylic acids is 1. The summed E-state index contributed by atoms with van der Waals surface area (Å²) in [5.74, 6) is -1.11. The number of carbonyl (C=O) groups is 1. The molecular weight excluding hydrogens is 344 g/mol. The van der Waals surface area contributed by atoms with Crippen molar-refractivity contribution in [3.63, 3.8) is 0 Å². The number of rotatable bonds is 5. The van der Waals surface area contributed by atoms with E-state index >= 15 is 0 Å². The zero-order valence-corrected chi connectivity index (χ0v) is 14.3. The van der Waals surface area contributed by atoms with Crippen molar-refractivity contribution in [1.29, 1.82) is 0 Å². The highest BCUT2D eigenvalue weighted by Crippen LogP contribution is 2.51. The topological polar surface area (TPSA) is 20.3 Å². The fourth-order valence-electron chi connectivity index (χ4n) is 3.41. The van der Waals surface area contributed by atoms with Crippen molar-refractivity contribution in [2.45, 2.75) is 37.8 Å². The van der Waals surface area contributed by atoms with Crippen LogP contribution in [0.1, 0.15) is 36.3 Å². The quantitative estimate of drug-likeness (QED) is 0.740. The molecule has 2 saturated carbocycles. The van der Waals surface area contributed by atoms with Crippen LogP contribution in [-0.4, -0.2) is 16.8 Å². The van der Waals surface area contributed by atoms with Crippen LogP contribution < -0.4 is 0 Å². The van der Waals surface area contributed by atoms with Crippen LogP contribution in [0.2, 0.25) is 5.02 Å². The third-order valence-corrected chi connectivity index (χ3v) is 5.38. The first-order valence-electron chi connectivity index (χ1n) is 8.53. The Hall–Kier alpha value is -1.94. The van der Waals surface area contributed by atoms with Gasteiger partial charge in [0.1, 0.15) is 11.6 Å². The van der Waals surface area contributed by atoms with Crippen LogP contribution in [0.25, 0.3) is 0 Å². The van der Waals surface area contributed by atoms with Crippen LogP contribution in [-0.2, 0) is 11.3 Å². The summed E-state index contributed by atoms with van der Waals surface area (Å²) in [6.07, 6.45) is 2.66. The minimum atomic E-state index is -0.605. The molecule has 1 amide bonds. The van der Waals surface area contributed by atoms with Crippen LogP contribution in [0, 0.1) is 17.6 Å². The van der Waals surface area contributed by atoms with Gasteiger partial charge >= 0.3 is 0 Å². The third-order valence-electron chi connectivity index (χ3n) is 5.04. The smallest absolute Gasteiger partial charge is 0.226 e. The maximum absolute atomic E-state index is 14.0. The second-order valence-corrected chi connectivity index (χ2v) is 7.31. The van der Waals surface area contributed by atoms with Crippen molar-refractivity contribution in [2.24, 2.45) is 5.92 Å². The summed E-state index contributed by atoms with van der Waals surface area (Å²) in [6.45, 7) is 0.196. The van der Waals surface area contributed by atoms with Crippen molar-refractivity contribution in [2.75, 3.05) is 0 Å². The Bertz CT molecular complexity index is 821. The van der Waals surface area contributed by atoms with Crippen molar-refractivity contribution in [3.8, 4) is 0 Å². The molecule has 0 saturated heterocycles. The van der Waals surface area contributed by atoms with Gasteiger partial charge in [0, 0.05) is 35.2 Å². The fourth-order valence-corrected chi connectivity index (χ4v) is 3.68. The summed E-state index contributed by atoms with van der Waals surface area (Å²) in [5, 5.41) is 0.686. The molecule has 2 nitrogen and oxygen atoms in total. The Morgan fingerprint density at radius 1 is 1.16 bits per heavy atom. The lowest BCUT2D eigenvalue weighted by molar-refractivity contribution is -0.133. The number of hydrogen-bond donors (Lipinski definition) is 0. The van der Waals surface area contributed by atoms with Crippen LogP contribution in [0.3, 0.4) is 0 Å². The summed E-state index contributed by atoms with van der Waals surface area (Å²) in [4.78, 5) is 14.7. The summed E-state index contributed by atoms with van der Waals surface area (Å²) in [5.41, 5.74) is 1.36. The van der Waals surface area contributed by atoms with E-state index in [1.165, 1.54) is 12.1 Å². The van der Waals surface area contributed by atoms with Gasteiger partial charge in [0.15, 0.2) is 0 Å². The van der Waals surface area contributed by atoms with E-state index in [1.807, 2.05) is 24.3 Å². The number of benzene rings is 2. The maximum Gasteiger partial charge on any atom is 0.226 e. The molecular formula is C20H18ClF2NO. The van der Waals surface area contributed by atoms with E-state index in [0.29, 0.717) is 10.6 Å². The number of amides is 1. The lowest BCUT2D eigenvalue weighted by atomic mass is 10.1. The molecule has 0 spiro atoms. The zero-order chi connectivity index (χ0) is 17.6. The molecule has 0 aromatic heterocycles. The first kappa shape index (κ1) is 16.5. The molecule has 0 radical (unpaired) electrons. The third kappa shape index (κ3) is 3.40. The minimum Gasteiger partial charge on any atom is -0.335 e.